The van der Waals surface area contributed by atoms with Crippen molar-refractivity contribution in [2.45, 2.75) is 44.6 Å². The van der Waals surface area contributed by atoms with Gasteiger partial charge in [-0.15, -0.1) is 0 Å². The first-order chi connectivity index (χ1) is 8.10. The van der Waals surface area contributed by atoms with Gasteiger partial charge < -0.3 is 15.2 Å². The number of hydrogen-bond acceptors (Lipinski definition) is 3. The molecule has 96 valence electrons. The Hall–Kier alpha value is -1.10. The molecule has 5 heteroatoms. The summed E-state index contributed by atoms with van der Waals surface area (Å²) < 4.78 is 4.99. The molecule has 0 spiro atoms. The van der Waals surface area contributed by atoms with Crippen LogP contribution in [-0.4, -0.2) is 36.2 Å². The molecule has 0 unspecified atom stereocenters. The number of carbonyl (C=O) groups excluding carboxylic acids is 1. The second-order valence-corrected chi connectivity index (χ2v) is 5.26. The lowest BCUT2D eigenvalue weighted by molar-refractivity contribution is -0.140. The molecular formula is C12H19NO4. The third kappa shape index (κ3) is 3.19. The second-order valence-electron chi connectivity index (χ2n) is 5.26. The molecule has 1 saturated carbocycles. The van der Waals surface area contributed by atoms with Crippen molar-refractivity contribution in [3.05, 3.63) is 0 Å². The third-order valence-electron chi connectivity index (χ3n) is 3.73. The van der Waals surface area contributed by atoms with Crippen molar-refractivity contribution in [3.63, 3.8) is 0 Å². The highest BCUT2D eigenvalue weighted by molar-refractivity contribution is 5.78. The molecule has 0 atom stereocenters. The fourth-order valence-electron chi connectivity index (χ4n) is 2.80. The molecule has 5 nitrogen and oxygen atoms in total. The molecule has 0 aromatic carbocycles. The highest BCUT2D eigenvalue weighted by Crippen LogP contribution is 2.44. The molecule has 1 aliphatic carbocycles. The van der Waals surface area contributed by atoms with E-state index in [0.29, 0.717) is 19.6 Å². The van der Waals surface area contributed by atoms with Crippen molar-refractivity contribution < 1.29 is 19.4 Å². The van der Waals surface area contributed by atoms with Gasteiger partial charge in [-0.1, -0.05) is 12.8 Å². The van der Waals surface area contributed by atoms with E-state index in [4.69, 9.17) is 9.84 Å². The first kappa shape index (κ1) is 12.4. The number of aliphatic carboxylic acids is 1. The number of carboxylic acid groups (broad SMARTS) is 1. The number of amides is 1. The normalized spacial score (nSPS) is 23.1. The Balaban J connectivity index is 1.87. The van der Waals surface area contributed by atoms with E-state index in [2.05, 4.69) is 5.32 Å². The highest BCUT2D eigenvalue weighted by Gasteiger charge is 2.38. The Labute approximate surface area is 101 Å². The van der Waals surface area contributed by atoms with Crippen molar-refractivity contribution in [2.75, 3.05) is 13.2 Å². The van der Waals surface area contributed by atoms with Gasteiger partial charge in [-0.25, -0.2) is 0 Å². The summed E-state index contributed by atoms with van der Waals surface area (Å²) in [6, 6.07) is 0.130. The van der Waals surface area contributed by atoms with Crippen LogP contribution in [0.1, 0.15) is 38.5 Å². The Morgan fingerprint density at radius 3 is 2.35 bits per heavy atom. The molecule has 0 radical (unpaired) electrons. The number of nitrogens with one attached hydrogen (secondary N) is 1. The topological polar surface area (TPSA) is 75.6 Å². The van der Waals surface area contributed by atoms with E-state index < -0.39 is 5.97 Å². The molecular weight excluding hydrogens is 222 g/mol. The van der Waals surface area contributed by atoms with E-state index >= 15 is 0 Å². The van der Waals surface area contributed by atoms with Crippen molar-refractivity contribution in [3.8, 4) is 0 Å². The largest absolute Gasteiger partial charge is 0.481 e. The average Bonchev–Trinajstić information content (AvgIpc) is 2.59. The first-order valence-corrected chi connectivity index (χ1v) is 6.19. The van der Waals surface area contributed by atoms with Crippen molar-refractivity contribution in [2.24, 2.45) is 5.41 Å². The zero-order valence-corrected chi connectivity index (χ0v) is 9.91. The fourth-order valence-corrected chi connectivity index (χ4v) is 2.80. The van der Waals surface area contributed by atoms with Crippen molar-refractivity contribution in [1.82, 2.24) is 5.32 Å². The number of hydrogen-bond donors (Lipinski definition) is 2. The molecule has 0 bridgehead atoms. The molecule has 1 aliphatic heterocycles. The number of carbonyl (C=O) groups is 2. The van der Waals surface area contributed by atoms with Crippen LogP contribution in [0.25, 0.3) is 0 Å². The maximum Gasteiger partial charge on any atom is 0.303 e. The maximum atomic E-state index is 11.8. The van der Waals surface area contributed by atoms with Crippen LogP contribution < -0.4 is 5.32 Å². The quantitative estimate of drug-likeness (QED) is 0.750. The lowest BCUT2D eigenvalue weighted by Gasteiger charge is -2.30. The van der Waals surface area contributed by atoms with Crippen LogP contribution in [0.15, 0.2) is 0 Å². The number of rotatable bonds is 5. The summed E-state index contributed by atoms with van der Waals surface area (Å²) in [6.07, 6.45) is 4.24. The Morgan fingerprint density at radius 2 is 1.88 bits per heavy atom. The predicted molar refractivity (Wildman–Crippen MR) is 60.5 cm³/mol. The lowest BCUT2D eigenvalue weighted by atomic mass is 9.79. The van der Waals surface area contributed by atoms with Crippen LogP contribution in [0.4, 0.5) is 0 Å². The molecule has 2 rings (SSSR count). The van der Waals surface area contributed by atoms with E-state index in [9.17, 15) is 9.59 Å². The minimum atomic E-state index is -0.799. The average molecular weight is 241 g/mol. The standard InChI is InChI=1S/C12H19NO4/c14-10(13-9-7-17-8-9)5-12(6-11(15)16)3-1-2-4-12/h9H,1-8H2,(H,13,14)(H,15,16). The fraction of sp³-hybridized carbons (Fsp3) is 0.833. The Morgan fingerprint density at radius 1 is 1.24 bits per heavy atom. The molecule has 1 heterocycles. The number of ether oxygens (including phenoxy) is 1. The monoisotopic (exact) mass is 241 g/mol. The Bertz CT molecular complexity index is 306. The van der Waals surface area contributed by atoms with Crippen molar-refractivity contribution >= 4 is 11.9 Å². The molecule has 1 saturated heterocycles. The molecule has 2 N–H and O–H groups in total. The Kier molecular flexibility index (Phi) is 3.66. The van der Waals surface area contributed by atoms with E-state index in [-0.39, 0.29) is 23.8 Å². The van der Waals surface area contributed by atoms with Gasteiger partial charge in [0.15, 0.2) is 0 Å². The predicted octanol–water partition coefficient (Wildman–Crippen LogP) is 0.927. The highest BCUT2D eigenvalue weighted by atomic mass is 16.5. The van der Waals surface area contributed by atoms with E-state index in [0.717, 1.165) is 25.7 Å². The maximum absolute atomic E-state index is 11.8. The van der Waals surface area contributed by atoms with Gasteiger partial charge in [-0.3, -0.25) is 9.59 Å². The SMILES string of the molecule is O=C(O)CC1(CC(=O)NC2COC2)CCCC1. The van der Waals surface area contributed by atoms with Crippen LogP contribution >= 0.6 is 0 Å². The minimum Gasteiger partial charge on any atom is -0.481 e. The molecule has 0 aromatic rings. The van der Waals surface area contributed by atoms with E-state index in [1.54, 1.807) is 0 Å². The summed E-state index contributed by atoms with van der Waals surface area (Å²) in [5.74, 6) is -0.826. The zero-order chi connectivity index (χ0) is 12.3. The van der Waals surface area contributed by atoms with Gasteiger partial charge in [-0.2, -0.15) is 0 Å². The summed E-state index contributed by atoms with van der Waals surface area (Å²) in [5, 5.41) is 11.8. The van der Waals surface area contributed by atoms with Crippen LogP contribution in [0.3, 0.4) is 0 Å². The summed E-state index contributed by atoms with van der Waals surface area (Å²) in [4.78, 5) is 22.7. The molecule has 0 aromatic heterocycles. The molecule has 2 aliphatic rings. The summed E-state index contributed by atoms with van der Waals surface area (Å²) in [7, 11) is 0. The summed E-state index contributed by atoms with van der Waals surface area (Å²) >= 11 is 0. The smallest absolute Gasteiger partial charge is 0.303 e. The molecule has 17 heavy (non-hydrogen) atoms. The first-order valence-electron chi connectivity index (χ1n) is 6.19. The van der Waals surface area contributed by atoms with Gasteiger partial charge in [0.25, 0.3) is 0 Å². The van der Waals surface area contributed by atoms with Gasteiger partial charge in [-0.05, 0) is 18.3 Å². The number of carboxylic acids is 1. The van der Waals surface area contributed by atoms with E-state index in [1.165, 1.54) is 0 Å². The minimum absolute atomic E-state index is 0.0264. The molecule has 2 fully saturated rings. The second kappa shape index (κ2) is 5.04. The van der Waals surface area contributed by atoms with Crippen molar-refractivity contribution in [1.29, 1.82) is 0 Å². The van der Waals surface area contributed by atoms with Crippen LogP contribution in [0, 0.1) is 5.41 Å². The lowest BCUT2D eigenvalue weighted by Crippen LogP contribution is -2.49. The van der Waals surface area contributed by atoms with Gasteiger partial charge in [0.05, 0.1) is 25.7 Å². The summed E-state index contributed by atoms with van der Waals surface area (Å²) in [6.45, 7) is 1.16. The van der Waals surface area contributed by atoms with Gasteiger partial charge in [0.2, 0.25) is 5.91 Å². The van der Waals surface area contributed by atoms with Gasteiger partial charge in [0.1, 0.15) is 0 Å². The van der Waals surface area contributed by atoms with Gasteiger partial charge in [0, 0.05) is 6.42 Å². The van der Waals surface area contributed by atoms with E-state index in [1.807, 2.05) is 0 Å². The van der Waals surface area contributed by atoms with Gasteiger partial charge >= 0.3 is 5.97 Å². The molecule has 1 amide bonds. The van der Waals surface area contributed by atoms with Crippen LogP contribution in [0.5, 0.6) is 0 Å². The summed E-state index contributed by atoms with van der Waals surface area (Å²) in [5.41, 5.74) is -0.305. The zero-order valence-electron chi connectivity index (χ0n) is 9.91. The van der Waals surface area contributed by atoms with Crippen LogP contribution in [0.2, 0.25) is 0 Å². The van der Waals surface area contributed by atoms with Crippen LogP contribution in [-0.2, 0) is 14.3 Å². The third-order valence-corrected chi connectivity index (χ3v) is 3.73.